The maximum atomic E-state index is 12.8. The molecule has 13 heteroatoms. The van der Waals surface area contributed by atoms with E-state index < -0.39 is 23.9 Å². The summed E-state index contributed by atoms with van der Waals surface area (Å²) in [4.78, 5) is 24.3. The fourth-order valence-electron chi connectivity index (χ4n) is 2.31. The number of alkyl halides is 3. The molecule has 27 heavy (non-hydrogen) atoms. The van der Waals surface area contributed by atoms with Crippen LogP contribution < -0.4 is 10.6 Å². The third kappa shape index (κ3) is 4.02. The van der Waals surface area contributed by atoms with Crippen LogP contribution in [-0.4, -0.2) is 40.5 Å². The van der Waals surface area contributed by atoms with E-state index in [4.69, 9.17) is 0 Å². The van der Waals surface area contributed by atoms with Gasteiger partial charge in [-0.25, -0.2) is 19.7 Å². The van der Waals surface area contributed by atoms with Crippen LogP contribution in [0.2, 0.25) is 0 Å². The number of hydrogen-bond acceptors (Lipinski definition) is 6. The Balaban J connectivity index is 1.70. The third-order valence-corrected chi connectivity index (χ3v) is 3.46. The Kier molecular flexibility index (Phi) is 4.75. The van der Waals surface area contributed by atoms with Gasteiger partial charge in [-0.2, -0.15) is 28.1 Å². The molecule has 0 aliphatic rings. The monoisotopic (exact) mass is 381 g/mol. The Hall–Kier alpha value is -3.51. The van der Waals surface area contributed by atoms with Crippen LogP contribution in [0.4, 0.5) is 23.8 Å². The van der Waals surface area contributed by atoms with Gasteiger partial charge in [-0.05, 0) is 13.0 Å². The van der Waals surface area contributed by atoms with Gasteiger partial charge in [0.2, 0.25) is 0 Å². The number of anilines is 1. The van der Waals surface area contributed by atoms with Crippen LogP contribution >= 0.6 is 0 Å². The minimum absolute atomic E-state index is 0.234. The minimum Gasteiger partial charge on any atom is -0.328 e. The van der Waals surface area contributed by atoms with Crippen LogP contribution in [0.5, 0.6) is 0 Å². The van der Waals surface area contributed by atoms with Gasteiger partial charge < -0.3 is 5.32 Å². The van der Waals surface area contributed by atoms with Crippen molar-refractivity contribution < 1.29 is 18.0 Å². The van der Waals surface area contributed by atoms with Crippen molar-refractivity contribution in [1.29, 1.82) is 0 Å². The number of amides is 2. The summed E-state index contributed by atoms with van der Waals surface area (Å²) in [6.45, 7) is 1.63. The molecule has 0 saturated carbocycles. The topological polar surface area (TPSA) is 115 Å². The van der Waals surface area contributed by atoms with Crippen molar-refractivity contribution in [2.45, 2.75) is 19.1 Å². The highest BCUT2D eigenvalue weighted by molar-refractivity contribution is 5.88. The number of rotatable bonds is 4. The van der Waals surface area contributed by atoms with Crippen LogP contribution in [0.15, 0.2) is 30.9 Å². The number of carbonyl (C=O) groups excluding carboxylic acids is 1. The van der Waals surface area contributed by atoms with E-state index in [1.165, 1.54) is 23.4 Å². The summed E-state index contributed by atoms with van der Waals surface area (Å²) in [6.07, 6.45) is -0.247. The molecule has 0 unspecified atom stereocenters. The molecule has 2 amide bonds. The summed E-state index contributed by atoms with van der Waals surface area (Å²) in [5.74, 6) is 0.370. The van der Waals surface area contributed by atoms with E-state index in [1.54, 1.807) is 13.0 Å². The average Bonchev–Trinajstić information content (AvgIpc) is 3.22. The van der Waals surface area contributed by atoms with Gasteiger partial charge in [-0.1, -0.05) is 0 Å². The largest absolute Gasteiger partial charge is 0.433 e. The zero-order valence-electron chi connectivity index (χ0n) is 14.1. The van der Waals surface area contributed by atoms with Crippen molar-refractivity contribution in [2.75, 3.05) is 5.32 Å². The first-order valence-corrected chi connectivity index (χ1v) is 7.62. The van der Waals surface area contributed by atoms with Gasteiger partial charge >= 0.3 is 12.2 Å². The summed E-state index contributed by atoms with van der Waals surface area (Å²) < 4.78 is 40.3. The molecule has 0 aliphatic carbocycles. The quantitative estimate of drug-likeness (QED) is 0.711. The number of hydrogen-bond donors (Lipinski definition) is 2. The maximum Gasteiger partial charge on any atom is 0.433 e. The average molecular weight is 381 g/mol. The van der Waals surface area contributed by atoms with Crippen molar-refractivity contribution in [3.63, 3.8) is 0 Å². The van der Waals surface area contributed by atoms with E-state index in [0.717, 1.165) is 13.1 Å². The minimum atomic E-state index is -4.57. The highest BCUT2D eigenvalue weighted by Gasteiger charge is 2.35. The second kappa shape index (κ2) is 7.01. The molecule has 3 aromatic heterocycles. The lowest BCUT2D eigenvalue weighted by Crippen LogP contribution is -2.32. The van der Waals surface area contributed by atoms with Gasteiger partial charge in [-0.15, -0.1) is 0 Å². The van der Waals surface area contributed by atoms with Gasteiger partial charge in [0, 0.05) is 25.5 Å². The highest BCUT2D eigenvalue weighted by atomic mass is 19.4. The fraction of sp³-hybridized carbons (Fsp3) is 0.286. The van der Waals surface area contributed by atoms with Crippen molar-refractivity contribution in [3.05, 3.63) is 42.4 Å². The summed E-state index contributed by atoms with van der Waals surface area (Å²) in [5, 5.41) is 12.4. The van der Waals surface area contributed by atoms with Gasteiger partial charge in [0.05, 0.1) is 6.04 Å². The Morgan fingerprint density at radius 1 is 1.22 bits per heavy atom. The molecule has 2 N–H and O–H groups in total. The molecule has 0 aromatic carbocycles. The molecular weight excluding hydrogens is 367 g/mol. The second-order valence-electron chi connectivity index (χ2n) is 5.44. The molecule has 0 aliphatic heterocycles. The lowest BCUT2D eigenvalue weighted by molar-refractivity contribution is -0.143. The van der Waals surface area contributed by atoms with Crippen LogP contribution in [-0.2, 0) is 13.2 Å². The van der Waals surface area contributed by atoms with Crippen molar-refractivity contribution in [2.24, 2.45) is 7.05 Å². The summed E-state index contributed by atoms with van der Waals surface area (Å²) in [5.41, 5.74) is -0.980. The SMILES string of the molecule is C[C@H](NC(=O)Nc1cc(C(F)(F)F)n(C)n1)c1ncnn1-c1ncccn1. The van der Waals surface area contributed by atoms with Crippen molar-refractivity contribution in [1.82, 2.24) is 39.8 Å². The second-order valence-corrected chi connectivity index (χ2v) is 5.44. The van der Waals surface area contributed by atoms with E-state index >= 15 is 0 Å². The first-order chi connectivity index (χ1) is 12.8. The Morgan fingerprint density at radius 3 is 2.56 bits per heavy atom. The maximum absolute atomic E-state index is 12.8. The molecule has 3 aromatic rings. The van der Waals surface area contributed by atoms with Crippen molar-refractivity contribution in [3.8, 4) is 5.95 Å². The molecule has 1 atom stereocenters. The molecular formula is C14H14F3N9O. The predicted octanol–water partition coefficient (Wildman–Crippen LogP) is 1.69. The number of urea groups is 1. The number of aromatic nitrogens is 7. The predicted molar refractivity (Wildman–Crippen MR) is 85.7 cm³/mol. The first-order valence-electron chi connectivity index (χ1n) is 7.62. The molecule has 0 saturated heterocycles. The van der Waals surface area contributed by atoms with Crippen LogP contribution in [0.1, 0.15) is 24.5 Å². The Bertz CT molecular complexity index is 935. The Morgan fingerprint density at radius 2 is 1.93 bits per heavy atom. The van der Waals surface area contributed by atoms with Crippen LogP contribution in [0.25, 0.3) is 5.95 Å². The van der Waals surface area contributed by atoms with Crippen molar-refractivity contribution >= 4 is 11.8 Å². The highest BCUT2D eigenvalue weighted by Crippen LogP contribution is 2.30. The smallest absolute Gasteiger partial charge is 0.328 e. The number of nitrogens with zero attached hydrogens (tertiary/aromatic N) is 7. The molecule has 0 spiro atoms. The zero-order valence-corrected chi connectivity index (χ0v) is 14.1. The van der Waals surface area contributed by atoms with E-state index in [9.17, 15) is 18.0 Å². The summed E-state index contributed by atoms with van der Waals surface area (Å²) in [6, 6.07) is 0.988. The molecule has 3 rings (SSSR count). The molecule has 10 nitrogen and oxygen atoms in total. The number of aryl methyl sites for hydroxylation is 1. The lowest BCUT2D eigenvalue weighted by Gasteiger charge is -2.13. The van der Waals surface area contributed by atoms with Gasteiger partial charge in [0.1, 0.15) is 12.0 Å². The number of halogens is 3. The number of carbonyl (C=O) groups is 1. The first kappa shape index (κ1) is 18.3. The zero-order chi connectivity index (χ0) is 19.6. The molecule has 142 valence electrons. The summed E-state index contributed by atoms with van der Waals surface area (Å²) in [7, 11) is 1.14. The van der Waals surface area contributed by atoms with E-state index in [2.05, 4.69) is 35.8 Å². The Labute approximate surface area is 150 Å². The van der Waals surface area contributed by atoms with Gasteiger partial charge in [-0.3, -0.25) is 10.00 Å². The van der Waals surface area contributed by atoms with Crippen LogP contribution in [0, 0.1) is 0 Å². The number of nitrogens with one attached hydrogen (secondary N) is 2. The normalized spacial score (nSPS) is 12.6. The van der Waals surface area contributed by atoms with Crippen LogP contribution in [0.3, 0.4) is 0 Å². The van der Waals surface area contributed by atoms with E-state index in [-0.39, 0.29) is 11.8 Å². The lowest BCUT2D eigenvalue weighted by atomic mass is 10.3. The van der Waals surface area contributed by atoms with Gasteiger partial charge in [0.15, 0.2) is 11.6 Å². The summed E-state index contributed by atoms with van der Waals surface area (Å²) >= 11 is 0. The molecule has 0 bridgehead atoms. The molecule has 0 radical (unpaired) electrons. The fourth-order valence-corrected chi connectivity index (χ4v) is 2.31. The van der Waals surface area contributed by atoms with Gasteiger partial charge in [0.25, 0.3) is 5.95 Å². The molecule has 3 heterocycles. The standard InChI is InChI=1S/C14H14F3N9O/c1-8(11-20-7-21-26(11)12-18-4-3-5-19-12)22-13(27)23-10-6-9(14(15,16)17)25(2)24-10/h3-8H,1-2H3,(H2,22,23,24,27)/t8-/m0/s1. The van der Waals surface area contributed by atoms with E-state index in [1.807, 2.05) is 0 Å². The van der Waals surface area contributed by atoms with E-state index in [0.29, 0.717) is 10.5 Å². The molecule has 0 fully saturated rings. The third-order valence-electron chi connectivity index (χ3n) is 3.46.